The Hall–Kier alpha value is -3.96. The molecule has 0 bridgehead atoms. The van der Waals surface area contributed by atoms with E-state index in [1.165, 1.54) is 18.5 Å². The number of anilines is 3. The van der Waals surface area contributed by atoms with Gasteiger partial charge in [0, 0.05) is 42.1 Å². The molecule has 2 aromatic heterocycles. The summed E-state index contributed by atoms with van der Waals surface area (Å²) in [4.78, 5) is 24.6. The summed E-state index contributed by atoms with van der Waals surface area (Å²) in [6, 6.07) is 9.54. The molecule has 0 unspecified atom stereocenters. The van der Waals surface area contributed by atoms with Crippen molar-refractivity contribution < 1.29 is 9.18 Å². The van der Waals surface area contributed by atoms with Crippen molar-refractivity contribution in [1.82, 2.24) is 19.5 Å². The van der Waals surface area contributed by atoms with Crippen molar-refractivity contribution >= 4 is 45.6 Å². The summed E-state index contributed by atoms with van der Waals surface area (Å²) in [6.07, 6.45) is 7.18. The third-order valence-electron chi connectivity index (χ3n) is 4.33. The van der Waals surface area contributed by atoms with Crippen LogP contribution in [0, 0.1) is 17.7 Å². The lowest BCUT2D eigenvalue weighted by molar-refractivity contribution is -0.111. The van der Waals surface area contributed by atoms with Crippen LogP contribution in [0.2, 0.25) is 5.02 Å². The first kappa shape index (κ1) is 20.3. The second-order valence-corrected chi connectivity index (χ2v) is 6.92. The molecule has 0 saturated heterocycles. The predicted octanol–water partition coefficient (Wildman–Crippen LogP) is 4.39. The predicted molar refractivity (Wildman–Crippen MR) is 117 cm³/mol. The van der Waals surface area contributed by atoms with Gasteiger partial charge in [-0.3, -0.25) is 4.79 Å². The van der Waals surface area contributed by atoms with Gasteiger partial charge in [-0.05, 0) is 42.3 Å². The van der Waals surface area contributed by atoms with Gasteiger partial charge < -0.3 is 15.2 Å². The average molecular weight is 435 g/mol. The smallest absolute Gasteiger partial charge is 0.300 e. The van der Waals surface area contributed by atoms with Gasteiger partial charge in [-0.25, -0.2) is 19.3 Å². The standard InChI is InChI=1S/C22H16ClFN6O/c23-18-12-16(4-6-19(18)24)29-22-17-11-15(5-7-20(17)26-13-27-22)28-21(31)3-1-2-9-30-10-8-25-14-30/h4-8,10-14H,2,9H2,(H,28,31)(H,26,27,29). The van der Waals surface area contributed by atoms with E-state index in [2.05, 4.69) is 37.4 Å². The molecule has 0 aliphatic rings. The van der Waals surface area contributed by atoms with E-state index >= 15 is 0 Å². The normalized spacial score (nSPS) is 10.4. The number of hydrogen-bond donors (Lipinski definition) is 2. The van der Waals surface area contributed by atoms with Crippen LogP contribution in [0.3, 0.4) is 0 Å². The third kappa shape index (κ3) is 5.15. The van der Waals surface area contributed by atoms with Crippen LogP contribution in [0.25, 0.3) is 10.9 Å². The molecule has 0 radical (unpaired) electrons. The fourth-order valence-corrected chi connectivity index (χ4v) is 3.03. The van der Waals surface area contributed by atoms with Crippen LogP contribution in [-0.2, 0) is 11.3 Å². The highest BCUT2D eigenvalue weighted by molar-refractivity contribution is 6.31. The van der Waals surface area contributed by atoms with Gasteiger partial charge in [0.2, 0.25) is 0 Å². The first-order valence-corrected chi connectivity index (χ1v) is 9.69. The van der Waals surface area contributed by atoms with Gasteiger partial charge in [-0.2, -0.15) is 0 Å². The van der Waals surface area contributed by atoms with Crippen LogP contribution >= 0.6 is 11.6 Å². The second kappa shape index (κ2) is 9.24. The van der Waals surface area contributed by atoms with Gasteiger partial charge in [-0.1, -0.05) is 17.5 Å². The van der Waals surface area contributed by atoms with E-state index < -0.39 is 11.7 Å². The van der Waals surface area contributed by atoms with Gasteiger partial charge in [0.05, 0.1) is 16.9 Å². The molecule has 0 atom stereocenters. The molecular weight excluding hydrogens is 419 g/mol. The summed E-state index contributed by atoms with van der Waals surface area (Å²) in [5, 5.41) is 6.53. The summed E-state index contributed by atoms with van der Waals surface area (Å²) in [5.41, 5.74) is 1.80. The molecule has 9 heteroatoms. The fraction of sp³-hybridized carbons (Fsp3) is 0.0909. The Bertz CT molecular complexity index is 1300. The quantitative estimate of drug-likeness (QED) is 0.455. The first-order valence-electron chi connectivity index (χ1n) is 9.31. The zero-order valence-electron chi connectivity index (χ0n) is 16.1. The molecular formula is C22H16ClFN6O. The molecule has 154 valence electrons. The largest absolute Gasteiger partial charge is 0.340 e. The monoisotopic (exact) mass is 434 g/mol. The number of aryl methyl sites for hydroxylation is 1. The van der Waals surface area contributed by atoms with E-state index in [4.69, 9.17) is 11.6 Å². The third-order valence-corrected chi connectivity index (χ3v) is 4.62. The number of fused-ring (bicyclic) bond motifs is 1. The molecule has 4 rings (SSSR count). The number of carbonyl (C=O) groups excluding carboxylic acids is 1. The van der Waals surface area contributed by atoms with E-state index in [0.717, 1.165) is 0 Å². The molecule has 0 saturated carbocycles. The van der Waals surface area contributed by atoms with E-state index in [-0.39, 0.29) is 5.02 Å². The van der Waals surface area contributed by atoms with Crippen LogP contribution in [0.4, 0.5) is 21.6 Å². The molecule has 7 nitrogen and oxygen atoms in total. The summed E-state index contributed by atoms with van der Waals surface area (Å²) in [7, 11) is 0. The lowest BCUT2D eigenvalue weighted by Crippen LogP contribution is -2.08. The highest BCUT2D eigenvalue weighted by Crippen LogP contribution is 2.27. The van der Waals surface area contributed by atoms with Gasteiger partial charge in [0.25, 0.3) is 5.91 Å². The molecule has 0 aliphatic carbocycles. The van der Waals surface area contributed by atoms with Gasteiger partial charge >= 0.3 is 0 Å². The Labute approximate surface area is 182 Å². The first-order chi connectivity index (χ1) is 15.1. The van der Waals surface area contributed by atoms with Crippen molar-refractivity contribution in [3.63, 3.8) is 0 Å². The minimum absolute atomic E-state index is 0.00271. The second-order valence-electron chi connectivity index (χ2n) is 6.51. The van der Waals surface area contributed by atoms with Crippen LogP contribution in [0.15, 0.2) is 61.4 Å². The Kier molecular flexibility index (Phi) is 6.05. The number of benzene rings is 2. The molecule has 0 aliphatic heterocycles. The summed E-state index contributed by atoms with van der Waals surface area (Å²) in [5.74, 6) is 5.00. The molecule has 2 heterocycles. The van der Waals surface area contributed by atoms with Crippen molar-refractivity contribution in [2.75, 3.05) is 10.6 Å². The zero-order valence-corrected chi connectivity index (χ0v) is 16.9. The molecule has 0 fully saturated rings. The lowest BCUT2D eigenvalue weighted by atomic mass is 10.2. The summed E-state index contributed by atoms with van der Waals surface area (Å²) < 4.78 is 15.3. The maximum absolute atomic E-state index is 13.4. The minimum Gasteiger partial charge on any atom is -0.340 e. The average Bonchev–Trinajstić information content (AvgIpc) is 3.28. The number of nitrogens with one attached hydrogen (secondary N) is 2. The van der Waals surface area contributed by atoms with Gasteiger partial charge in [-0.15, -0.1) is 0 Å². The fourth-order valence-electron chi connectivity index (χ4n) is 2.85. The summed E-state index contributed by atoms with van der Waals surface area (Å²) >= 11 is 5.85. The van der Waals surface area contributed by atoms with Crippen LogP contribution in [0.5, 0.6) is 0 Å². The number of nitrogens with zero attached hydrogens (tertiary/aromatic N) is 4. The molecule has 0 spiro atoms. The Morgan fingerprint density at radius 2 is 2.03 bits per heavy atom. The van der Waals surface area contributed by atoms with Crippen molar-refractivity contribution in [1.29, 1.82) is 0 Å². The lowest BCUT2D eigenvalue weighted by Gasteiger charge is -2.10. The van der Waals surface area contributed by atoms with Crippen LogP contribution in [0.1, 0.15) is 6.42 Å². The maximum atomic E-state index is 13.4. The number of rotatable bonds is 5. The number of imidazole rings is 1. The highest BCUT2D eigenvalue weighted by atomic mass is 35.5. The van der Waals surface area contributed by atoms with E-state index in [1.807, 2.05) is 10.8 Å². The number of aromatic nitrogens is 4. The Morgan fingerprint density at radius 3 is 2.84 bits per heavy atom. The Morgan fingerprint density at radius 1 is 1.16 bits per heavy atom. The molecule has 2 aromatic carbocycles. The van der Waals surface area contributed by atoms with E-state index in [1.54, 1.807) is 36.8 Å². The summed E-state index contributed by atoms with van der Waals surface area (Å²) in [6.45, 7) is 0.663. The Balaban J connectivity index is 1.48. The van der Waals surface area contributed by atoms with Crippen LogP contribution in [-0.4, -0.2) is 25.4 Å². The zero-order chi connectivity index (χ0) is 21.6. The number of carbonyl (C=O) groups is 1. The van der Waals surface area contributed by atoms with Gasteiger partial charge in [0.1, 0.15) is 18.0 Å². The van der Waals surface area contributed by atoms with Crippen molar-refractivity contribution in [3.8, 4) is 11.8 Å². The molecule has 4 aromatic rings. The van der Waals surface area contributed by atoms with E-state index in [9.17, 15) is 9.18 Å². The highest BCUT2D eigenvalue weighted by Gasteiger charge is 2.08. The maximum Gasteiger partial charge on any atom is 0.300 e. The molecule has 1 amide bonds. The van der Waals surface area contributed by atoms with Crippen molar-refractivity contribution in [3.05, 3.63) is 72.3 Å². The van der Waals surface area contributed by atoms with Crippen molar-refractivity contribution in [2.45, 2.75) is 13.0 Å². The van der Waals surface area contributed by atoms with Crippen LogP contribution < -0.4 is 10.6 Å². The number of amides is 1. The van der Waals surface area contributed by atoms with E-state index in [0.29, 0.717) is 41.1 Å². The molecule has 2 N–H and O–H groups in total. The number of hydrogen-bond acceptors (Lipinski definition) is 5. The minimum atomic E-state index is -0.504. The molecule has 31 heavy (non-hydrogen) atoms. The SMILES string of the molecule is O=C(C#CCCn1ccnc1)Nc1ccc2ncnc(Nc3ccc(F)c(Cl)c3)c2c1. The van der Waals surface area contributed by atoms with Crippen molar-refractivity contribution in [2.24, 2.45) is 0 Å². The topological polar surface area (TPSA) is 84.7 Å². The van der Waals surface area contributed by atoms with Gasteiger partial charge in [0.15, 0.2) is 0 Å². The number of halogens is 2.